The molecular formula is C28H27F5OS2. The normalized spacial score (nSPS) is 17.9. The van der Waals surface area contributed by atoms with E-state index in [0.29, 0.717) is 5.92 Å². The molecule has 1 aliphatic rings. The van der Waals surface area contributed by atoms with Crippen molar-refractivity contribution in [3.05, 3.63) is 82.9 Å². The molecular weight excluding hydrogens is 511 g/mol. The van der Waals surface area contributed by atoms with Gasteiger partial charge in [-0.1, -0.05) is 31.2 Å². The summed E-state index contributed by atoms with van der Waals surface area (Å²) in [7, 11) is 0. The number of thioether (sulfide) groups is 2. The predicted octanol–water partition coefficient (Wildman–Crippen LogP) is 8.96. The third-order valence-electron chi connectivity index (χ3n) is 6.09. The molecule has 0 spiro atoms. The van der Waals surface area contributed by atoms with Crippen LogP contribution in [0.2, 0.25) is 0 Å². The standard InChI is InChI=1S/C28H27F5OS2/c1-2-8-34-9-7-17-15-35-28(36-16-17)19-5-6-22(24(31)11-19)21-12-25(32)27(26(33)13-21)18-3-4-20(14-29)23(30)10-18/h3-6,10-13,17,28H,2,7-9,14-16H2,1H3. The summed E-state index contributed by atoms with van der Waals surface area (Å²) in [5, 5.41) is 0. The van der Waals surface area contributed by atoms with Crippen LogP contribution in [0.3, 0.4) is 0 Å². The average molecular weight is 539 g/mol. The fraction of sp³-hybridized carbons (Fsp3) is 0.357. The highest BCUT2D eigenvalue weighted by Gasteiger charge is 2.24. The summed E-state index contributed by atoms with van der Waals surface area (Å²) in [4.78, 5) is 0. The summed E-state index contributed by atoms with van der Waals surface area (Å²) in [6, 6.07) is 10.1. The number of hydrogen-bond donors (Lipinski definition) is 0. The number of ether oxygens (including phenoxy) is 1. The van der Waals surface area contributed by atoms with Gasteiger partial charge in [0.2, 0.25) is 0 Å². The highest BCUT2D eigenvalue weighted by molar-refractivity contribution is 8.16. The van der Waals surface area contributed by atoms with Crippen LogP contribution in [-0.2, 0) is 11.4 Å². The lowest BCUT2D eigenvalue weighted by Gasteiger charge is -2.28. The molecule has 0 unspecified atom stereocenters. The van der Waals surface area contributed by atoms with Crippen molar-refractivity contribution in [3.63, 3.8) is 0 Å². The second kappa shape index (κ2) is 12.5. The Hall–Kier alpha value is -2.03. The Bertz CT molecular complexity index is 1170. The van der Waals surface area contributed by atoms with Crippen LogP contribution >= 0.6 is 23.5 Å². The zero-order valence-corrected chi connectivity index (χ0v) is 21.5. The molecule has 0 radical (unpaired) electrons. The van der Waals surface area contributed by atoms with Gasteiger partial charge >= 0.3 is 0 Å². The molecule has 4 rings (SSSR count). The van der Waals surface area contributed by atoms with E-state index < -0.39 is 35.5 Å². The van der Waals surface area contributed by atoms with Gasteiger partial charge in [0.25, 0.3) is 0 Å². The number of halogens is 5. The Kier molecular flexibility index (Phi) is 9.36. The van der Waals surface area contributed by atoms with Crippen molar-refractivity contribution in [2.24, 2.45) is 5.92 Å². The van der Waals surface area contributed by atoms with Crippen molar-refractivity contribution in [2.45, 2.75) is 31.0 Å². The van der Waals surface area contributed by atoms with E-state index in [9.17, 15) is 17.6 Å². The molecule has 8 heteroatoms. The van der Waals surface area contributed by atoms with Crippen molar-refractivity contribution in [1.29, 1.82) is 0 Å². The predicted molar refractivity (Wildman–Crippen MR) is 139 cm³/mol. The van der Waals surface area contributed by atoms with Gasteiger partial charge in [0.1, 0.15) is 29.9 Å². The maximum Gasteiger partial charge on any atom is 0.134 e. The second-order valence-electron chi connectivity index (χ2n) is 8.76. The molecule has 3 aromatic carbocycles. The quantitative estimate of drug-likeness (QED) is 0.199. The number of benzene rings is 3. The molecule has 0 N–H and O–H groups in total. The van der Waals surface area contributed by atoms with Crippen molar-refractivity contribution >= 4 is 23.5 Å². The van der Waals surface area contributed by atoms with Crippen LogP contribution in [0.5, 0.6) is 0 Å². The van der Waals surface area contributed by atoms with Crippen LogP contribution in [-0.4, -0.2) is 24.7 Å². The summed E-state index contributed by atoms with van der Waals surface area (Å²) in [6.45, 7) is 2.61. The highest BCUT2D eigenvalue weighted by atomic mass is 32.2. The fourth-order valence-corrected chi connectivity index (χ4v) is 7.27. The summed E-state index contributed by atoms with van der Waals surface area (Å²) < 4.78 is 77.2. The van der Waals surface area contributed by atoms with Gasteiger partial charge < -0.3 is 4.74 Å². The fourth-order valence-electron chi connectivity index (χ4n) is 4.13. The van der Waals surface area contributed by atoms with Gasteiger partial charge in [-0.25, -0.2) is 22.0 Å². The summed E-state index contributed by atoms with van der Waals surface area (Å²) in [5.74, 6) is -0.838. The molecule has 1 aliphatic heterocycles. The summed E-state index contributed by atoms with van der Waals surface area (Å²) in [5.41, 5.74) is 0.277. The average Bonchev–Trinajstić information content (AvgIpc) is 2.86. The maximum atomic E-state index is 15.1. The SMILES string of the molecule is CCCOCCC1CSC(c2ccc(-c3cc(F)c(-c4ccc(CF)c(F)c4)c(F)c3)c(F)c2)SC1. The second-order valence-corrected chi connectivity index (χ2v) is 11.3. The van der Waals surface area contributed by atoms with Gasteiger partial charge in [-0.2, -0.15) is 0 Å². The van der Waals surface area contributed by atoms with E-state index in [2.05, 4.69) is 6.92 Å². The molecule has 192 valence electrons. The Balaban J connectivity index is 1.48. The minimum atomic E-state index is -1.02. The van der Waals surface area contributed by atoms with Crippen LogP contribution in [0.4, 0.5) is 22.0 Å². The molecule has 1 nitrogen and oxygen atoms in total. The van der Waals surface area contributed by atoms with Crippen molar-refractivity contribution in [2.75, 3.05) is 24.7 Å². The first kappa shape index (κ1) is 27.0. The number of rotatable bonds is 9. The minimum Gasteiger partial charge on any atom is -0.381 e. The largest absolute Gasteiger partial charge is 0.381 e. The number of alkyl halides is 1. The lowest BCUT2D eigenvalue weighted by atomic mass is 9.97. The maximum absolute atomic E-state index is 15.1. The first-order valence-electron chi connectivity index (χ1n) is 11.9. The van der Waals surface area contributed by atoms with Gasteiger partial charge in [0.05, 0.1) is 10.1 Å². The molecule has 0 saturated carbocycles. The topological polar surface area (TPSA) is 9.23 Å². The van der Waals surface area contributed by atoms with Crippen LogP contribution in [0.15, 0.2) is 48.5 Å². The Morgan fingerprint density at radius 2 is 1.50 bits per heavy atom. The van der Waals surface area contributed by atoms with Crippen LogP contribution in [0.25, 0.3) is 22.3 Å². The van der Waals surface area contributed by atoms with E-state index in [0.717, 1.165) is 67.4 Å². The molecule has 0 atom stereocenters. The van der Waals surface area contributed by atoms with Gasteiger partial charge in [0.15, 0.2) is 0 Å². The molecule has 0 amide bonds. The Morgan fingerprint density at radius 3 is 2.11 bits per heavy atom. The third-order valence-corrected chi connectivity index (χ3v) is 9.38. The molecule has 3 aromatic rings. The first-order valence-corrected chi connectivity index (χ1v) is 14.0. The zero-order valence-electron chi connectivity index (χ0n) is 19.8. The highest BCUT2D eigenvalue weighted by Crippen LogP contribution is 2.46. The minimum absolute atomic E-state index is 0.0507. The molecule has 0 bridgehead atoms. The zero-order chi connectivity index (χ0) is 25.7. The van der Waals surface area contributed by atoms with Crippen molar-refractivity contribution < 1.29 is 26.7 Å². The molecule has 1 heterocycles. The smallest absolute Gasteiger partial charge is 0.134 e. The van der Waals surface area contributed by atoms with Gasteiger partial charge in [0, 0.05) is 24.3 Å². The lowest BCUT2D eigenvalue weighted by molar-refractivity contribution is 0.125. The van der Waals surface area contributed by atoms with Crippen LogP contribution < -0.4 is 0 Å². The Morgan fingerprint density at radius 1 is 0.806 bits per heavy atom. The monoisotopic (exact) mass is 538 g/mol. The molecule has 36 heavy (non-hydrogen) atoms. The van der Waals surface area contributed by atoms with Gasteiger partial charge in [-0.15, -0.1) is 23.5 Å². The first-order chi connectivity index (χ1) is 17.4. The van der Waals surface area contributed by atoms with E-state index in [1.165, 1.54) is 12.1 Å². The number of hydrogen-bond acceptors (Lipinski definition) is 3. The van der Waals surface area contributed by atoms with E-state index in [1.54, 1.807) is 35.7 Å². The van der Waals surface area contributed by atoms with E-state index in [1.807, 2.05) is 0 Å². The van der Waals surface area contributed by atoms with Crippen LogP contribution in [0.1, 0.15) is 35.5 Å². The molecule has 1 fully saturated rings. The summed E-state index contributed by atoms with van der Waals surface area (Å²) >= 11 is 3.55. The lowest BCUT2D eigenvalue weighted by Crippen LogP contribution is -2.16. The van der Waals surface area contributed by atoms with E-state index in [4.69, 9.17) is 4.74 Å². The summed E-state index contributed by atoms with van der Waals surface area (Å²) in [6.07, 6.45) is 2.02. The molecule has 0 aromatic heterocycles. The van der Waals surface area contributed by atoms with E-state index in [-0.39, 0.29) is 26.8 Å². The molecule has 0 aliphatic carbocycles. The third kappa shape index (κ3) is 6.26. The van der Waals surface area contributed by atoms with Gasteiger partial charge in [-0.3, -0.25) is 0 Å². The van der Waals surface area contributed by atoms with Crippen LogP contribution in [0, 0.1) is 29.2 Å². The van der Waals surface area contributed by atoms with E-state index >= 15 is 4.39 Å². The Labute approximate surface area is 216 Å². The van der Waals surface area contributed by atoms with Gasteiger partial charge in [-0.05, 0) is 71.2 Å². The molecule has 1 saturated heterocycles. The van der Waals surface area contributed by atoms with Crippen molar-refractivity contribution in [3.8, 4) is 22.3 Å². The van der Waals surface area contributed by atoms with Crippen molar-refractivity contribution in [1.82, 2.24) is 0 Å².